The monoisotopic (exact) mass is 305 g/mol. The number of hydrogen-bond acceptors (Lipinski definition) is 4. The Bertz CT molecular complexity index is 741. The van der Waals surface area contributed by atoms with Crippen molar-refractivity contribution >= 4 is 11.4 Å². The van der Waals surface area contributed by atoms with E-state index in [-0.39, 0.29) is 6.04 Å². The van der Waals surface area contributed by atoms with E-state index in [1.54, 1.807) is 0 Å². The predicted octanol–water partition coefficient (Wildman–Crippen LogP) is 3.99. The summed E-state index contributed by atoms with van der Waals surface area (Å²) in [6.07, 6.45) is 2.71. The lowest BCUT2D eigenvalue weighted by atomic mass is 9.97. The molecular weight excluding hydrogens is 286 g/mol. The van der Waals surface area contributed by atoms with Gasteiger partial charge in [0.2, 0.25) is 6.17 Å². The van der Waals surface area contributed by atoms with Crippen LogP contribution in [0.25, 0.3) is 0 Å². The maximum absolute atomic E-state index is 11.5. The van der Waals surface area contributed by atoms with Crippen molar-refractivity contribution in [3.63, 3.8) is 0 Å². The number of nitroso groups, excluding NO2 is 1. The van der Waals surface area contributed by atoms with Crippen LogP contribution < -0.4 is 4.90 Å². The highest BCUT2D eigenvalue weighted by Crippen LogP contribution is 2.35. The van der Waals surface area contributed by atoms with E-state index in [9.17, 15) is 4.91 Å². The first-order chi connectivity index (χ1) is 11.4. The first kappa shape index (κ1) is 14.1. The van der Waals surface area contributed by atoms with Crippen LogP contribution in [-0.4, -0.2) is 24.5 Å². The lowest BCUT2D eigenvalue weighted by Crippen LogP contribution is -2.45. The average molecular weight is 305 g/mol. The second kappa shape index (κ2) is 5.95. The van der Waals surface area contributed by atoms with Gasteiger partial charge in [0.1, 0.15) is 0 Å². The molecule has 0 bridgehead atoms. The summed E-state index contributed by atoms with van der Waals surface area (Å²) < 4.78 is 0. The van der Waals surface area contributed by atoms with Crippen LogP contribution in [0.1, 0.15) is 30.4 Å². The fraction of sp³-hybridized carbons (Fsp3) is 0.316. The van der Waals surface area contributed by atoms with Crippen molar-refractivity contribution in [2.24, 2.45) is 10.2 Å². The van der Waals surface area contributed by atoms with Gasteiger partial charge in [0.25, 0.3) is 0 Å². The topological polar surface area (TPSA) is 45.0 Å². The number of anilines is 1. The summed E-state index contributed by atoms with van der Waals surface area (Å²) >= 11 is 0. The fourth-order valence-corrected chi connectivity index (χ4v) is 3.70. The summed E-state index contributed by atoms with van der Waals surface area (Å²) in [7, 11) is 0. The zero-order valence-electron chi connectivity index (χ0n) is 12.9. The van der Waals surface area contributed by atoms with Gasteiger partial charge >= 0.3 is 0 Å². The molecule has 0 aromatic heterocycles. The van der Waals surface area contributed by atoms with Gasteiger partial charge in [0, 0.05) is 23.4 Å². The van der Waals surface area contributed by atoms with Crippen molar-refractivity contribution in [1.82, 2.24) is 0 Å². The molecule has 2 unspecified atom stereocenters. The van der Waals surface area contributed by atoms with Crippen molar-refractivity contribution in [2.75, 3.05) is 11.4 Å². The number of hydrogen-bond donors (Lipinski definition) is 0. The number of fused-ring (bicyclic) bond motifs is 3. The predicted molar refractivity (Wildman–Crippen MR) is 93.1 cm³/mol. The van der Waals surface area contributed by atoms with Crippen LogP contribution >= 0.6 is 0 Å². The average Bonchev–Trinajstić information content (AvgIpc) is 2.77. The van der Waals surface area contributed by atoms with Gasteiger partial charge < -0.3 is 4.90 Å². The number of nitrogens with zero attached hydrogens (tertiary/aromatic N) is 3. The first-order valence-corrected chi connectivity index (χ1v) is 8.20. The zero-order valence-corrected chi connectivity index (χ0v) is 12.9. The van der Waals surface area contributed by atoms with Gasteiger partial charge in [-0.2, -0.15) is 0 Å². The van der Waals surface area contributed by atoms with Crippen molar-refractivity contribution in [1.29, 1.82) is 0 Å². The lowest BCUT2D eigenvalue weighted by molar-refractivity contribution is 0.408. The van der Waals surface area contributed by atoms with Crippen LogP contribution in [0.2, 0.25) is 0 Å². The van der Waals surface area contributed by atoms with Crippen LogP contribution in [0, 0.1) is 4.91 Å². The second-order valence-electron chi connectivity index (χ2n) is 6.14. The Kier molecular flexibility index (Phi) is 3.66. The molecule has 2 aliphatic heterocycles. The summed E-state index contributed by atoms with van der Waals surface area (Å²) in [5.74, 6) is 0. The van der Waals surface area contributed by atoms with Crippen molar-refractivity contribution in [3.8, 4) is 0 Å². The normalized spacial score (nSPS) is 23.3. The molecule has 0 spiro atoms. The number of para-hydroxylation sites is 1. The zero-order chi connectivity index (χ0) is 15.6. The summed E-state index contributed by atoms with van der Waals surface area (Å²) in [6.45, 7) is 0.964. The van der Waals surface area contributed by atoms with E-state index < -0.39 is 6.17 Å². The van der Waals surface area contributed by atoms with Gasteiger partial charge in [0.05, 0.1) is 11.8 Å². The van der Waals surface area contributed by atoms with Gasteiger partial charge in [-0.05, 0) is 30.5 Å². The molecule has 2 heterocycles. The van der Waals surface area contributed by atoms with Gasteiger partial charge in [-0.1, -0.05) is 48.5 Å². The Labute approximate surface area is 135 Å². The Morgan fingerprint density at radius 3 is 2.61 bits per heavy atom. The maximum atomic E-state index is 11.5. The molecule has 4 heteroatoms. The molecule has 2 aliphatic rings. The van der Waals surface area contributed by atoms with E-state index in [4.69, 9.17) is 4.99 Å². The quantitative estimate of drug-likeness (QED) is 0.788. The molecule has 0 saturated carbocycles. The Hall–Kier alpha value is -2.49. The van der Waals surface area contributed by atoms with E-state index in [2.05, 4.69) is 28.3 Å². The van der Waals surface area contributed by atoms with Crippen molar-refractivity contribution in [3.05, 3.63) is 70.6 Å². The third-order valence-electron chi connectivity index (χ3n) is 4.78. The van der Waals surface area contributed by atoms with E-state index in [1.165, 1.54) is 5.69 Å². The number of benzene rings is 2. The molecule has 2 aromatic rings. The summed E-state index contributed by atoms with van der Waals surface area (Å²) in [4.78, 5) is 18.6. The highest BCUT2D eigenvalue weighted by Gasteiger charge is 2.35. The van der Waals surface area contributed by atoms with Crippen LogP contribution in [0.5, 0.6) is 0 Å². The Balaban J connectivity index is 1.92. The Morgan fingerprint density at radius 1 is 1.00 bits per heavy atom. The molecule has 2 aromatic carbocycles. The second-order valence-corrected chi connectivity index (χ2v) is 6.14. The molecule has 0 aliphatic carbocycles. The first-order valence-electron chi connectivity index (χ1n) is 8.20. The largest absolute Gasteiger partial charge is 0.364 e. The standard InChI is InChI=1S/C19H19N3O/c23-21-19-17-12-6-7-13-22(17)16-11-5-4-10-15(16)18(20-19)14-8-2-1-3-9-14/h1-5,8-11,17,19H,6-7,12-13H2. The van der Waals surface area contributed by atoms with Crippen LogP contribution in [0.3, 0.4) is 0 Å². The Morgan fingerprint density at radius 2 is 1.78 bits per heavy atom. The molecule has 1 saturated heterocycles. The van der Waals surface area contributed by atoms with Gasteiger partial charge in [0.15, 0.2) is 0 Å². The third-order valence-corrected chi connectivity index (χ3v) is 4.78. The van der Waals surface area contributed by atoms with E-state index >= 15 is 0 Å². The molecular formula is C19H19N3O. The third kappa shape index (κ3) is 2.44. The highest BCUT2D eigenvalue weighted by atomic mass is 16.3. The van der Waals surface area contributed by atoms with Gasteiger partial charge in [-0.25, -0.2) is 0 Å². The van der Waals surface area contributed by atoms with E-state index in [0.717, 1.165) is 42.6 Å². The minimum Gasteiger partial charge on any atom is -0.364 e. The van der Waals surface area contributed by atoms with Gasteiger partial charge in [-0.3, -0.25) is 4.99 Å². The highest BCUT2D eigenvalue weighted by molar-refractivity contribution is 6.16. The number of aliphatic imine (C=N–C) groups is 1. The van der Waals surface area contributed by atoms with E-state index in [1.807, 2.05) is 36.4 Å². The summed E-state index contributed by atoms with van der Waals surface area (Å²) in [6, 6.07) is 18.5. The fourth-order valence-electron chi connectivity index (χ4n) is 3.70. The minimum atomic E-state index is -0.544. The van der Waals surface area contributed by atoms with Crippen molar-refractivity contribution < 1.29 is 0 Å². The number of rotatable bonds is 2. The van der Waals surface area contributed by atoms with Crippen molar-refractivity contribution in [2.45, 2.75) is 31.5 Å². The number of piperidine rings is 1. The smallest absolute Gasteiger partial charge is 0.201 e. The van der Waals surface area contributed by atoms with Crippen LogP contribution in [0.4, 0.5) is 5.69 Å². The molecule has 116 valence electrons. The molecule has 23 heavy (non-hydrogen) atoms. The van der Waals surface area contributed by atoms with Crippen LogP contribution in [0.15, 0.2) is 64.8 Å². The minimum absolute atomic E-state index is 0.0728. The van der Waals surface area contributed by atoms with E-state index in [0.29, 0.717) is 0 Å². The maximum Gasteiger partial charge on any atom is 0.201 e. The summed E-state index contributed by atoms with van der Waals surface area (Å²) in [5.41, 5.74) is 4.18. The molecule has 0 amide bonds. The lowest BCUT2D eigenvalue weighted by Gasteiger charge is -2.37. The molecule has 2 atom stereocenters. The van der Waals surface area contributed by atoms with Gasteiger partial charge in [-0.15, -0.1) is 4.91 Å². The molecule has 4 rings (SSSR count). The molecule has 4 nitrogen and oxygen atoms in total. The summed E-state index contributed by atoms with van der Waals surface area (Å²) in [5, 5.41) is 3.37. The molecule has 0 N–H and O–H groups in total. The molecule has 1 fully saturated rings. The SMILES string of the molecule is O=NC1N=C(c2ccccc2)c2ccccc2N2CCCCC12. The molecule has 0 radical (unpaired) electrons. The van der Waals surface area contributed by atoms with Crippen LogP contribution in [-0.2, 0) is 0 Å².